The smallest absolute Gasteiger partial charge is 0.112 e. The van der Waals surface area contributed by atoms with E-state index >= 15 is 0 Å². The van der Waals surface area contributed by atoms with Crippen molar-refractivity contribution in [1.29, 1.82) is 0 Å². The molecule has 94 valence electrons. The first kappa shape index (κ1) is 13.1. The van der Waals surface area contributed by atoms with Gasteiger partial charge in [-0.05, 0) is 44.0 Å². The Morgan fingerprint density at radius 1 is 0.889 bits per heavy atom. The molecule has 1 unspecified atom stereocenters. The first-order valence-electron chi connectivity index (χ1n) is 5.97. The molecule has 0 aliphatic carbocycles. The van der Waals surface area contributed by atoms with Crippen LogP contribution in [0.15, 0.2) is 42.5 Å². The molecule has 18 heavy (non-hydrogen) atoms. The number of hydrogen-bond acceptors (Lipinski definition) is 1. The van der Waals surface area contributed by atoms with Crippen molar-refractivity contribution >= 4 is 11.6 Å². The second-order valence-corrected chi connectivity index (χ2v) is 5.39. The topological polar surface area (TPSA) is 20.2 Å². The van der Waals surface area contributed by atoms with Gasteiger partial charge in [0, 0.05) is 5.02 Å². The summed E-state index contributed by atoms with van der Waals surface area (Å²) in [4.78, 5) is 0. The van der Waals surface area contributed by atoms with E-state index < -0.39 is 5.60 Å². The molecule has 0 fully saturated rings. The van der Waals surface area contributed by atoms with E-state index in [1.807, 2.05) is 45.0 Å². The summed E-state index contributed by atoms with van der Waals surface area (Å²) in [5, 5.41) is 11.4. The molecule has 0 amide bonds. The minimum atomic E-state index is -0.999. The van der Waals surface area contributed by atoms with Crippen LogP contribution in [0.4, 0.5) is 0 Å². The third kappa shape index (κ3) is 2.58. The molecule has 1 atom stereocenters. The van der Waals surface area contributed by atoms with E-state index in [-0.39, 0.29) is 0 Å². The third-order valence-corrected chi connectivity index (χ3v) is 3.44. The maximum absolute atomic E-state index is 10.8. The average Bonchev–Trinajstić information content (AvgIpc) is 2.28. The second kappa shape index (κ2) is 4.75. The van der Waals surface area contributed by atoms with E-state index in [0.29, 0.717) is 5.02 Å². The fourth-order valence-corrected chi connectivity index (χ4v) is 2.32. The number of aliphatic hydroxyl groups is 1. The Labute approximate surface area is 113 Å². The zero-order valence-electron chi connectivity index (χ0n) is 10.9. The molecule has 0 radical (unpaired) electrons. The highest BCUT2D eigenvalue weighted by atomic mass is 35.5. The Morgan fingerprint density at radius 2 is 1.39 bits per heavy atom. The molecule has 2 aromatic carbocycles. The Balaban J connectivity index is 2.49. The maximum atomic E-state index is 10.8. The van der Waals surface area contributed by atoms with Crippen molar-refractivity contribution in [2.45, 2.75) is 26.4 Å². The molecule has 2 rings (SSSR count). The van der Waals surface area contributed by atoms with Gasteiger partial charge in [0.25, 0.3) is 0 Å². The second-order valence-electron chi connectivity index (χ2n) is 4.96. The van der Waals surface area contributed by atoms with E-state index in [4.69, 9.17) is 11.6 Å². The minimum Gasteiger partial charge on any atom is -0.381 e. The van der Waals surface area contributed by atoms with Crippen LogP contribution < -0.4 is 0 Å². The lowest BCUT2D eigenvalue weighted by atomic mass is 9.86. The number of hydrogen-bond donors (Lipinski definition) is 1. The Kier molecular flexibility index (Phi) is 3.47. The summed E-state index contributed by atoms with van der Waals surface area (Å²) in [6.45, 7) is 5.88. The molecule has 0 spiro atoms. The highest BCUT2D eigenvalue weighted by Crippen LogP contribution is 2.31. The Bertz CT molecular complexity index is 536. The molecular weight excluding hydrogens is 244 g/mol. The summed E-state index contributed by atoms with van der Waals surface area (Å²) < 4.78 is 0. The van der Waals surface area contributed by atoms with Gasteiger partial charge in [-0.25, -0.2) is 0 Å². The Hall–Kier alpha value is -1.31. The molecular formula is C16H17ClO. The molecule has 2 heteroatoms. The lowest BCUT2D eigenvalue weighted by molar-refractivity contribution is 0.102. The van der Waals surface area contributed by atoms with Gasteiger partial charge in [-0.15, -0.1) is 0 Å². The van der Waals surface area contributed by atoms with Crippen molar-refractivity contribution in [2.24, 2.45) is 0 Å². The summed E-state index contributed by atoms with van der Waals surface area (Å²) >= 11 is 5.88. The monoisotopic (exact) mass is 260 g/mol. The number of aryl methyl sites for hydroxylation is 2. The standard InChI is InChI=1S/C16H17ClO/c1-11-8-12(2)10-14(9-11)16(3,18)13-4-6-15(17)7-5-13/h4-10,18H,1-3H3. The molecule has 1 nitrogen and oxygen atoms in total. The molecule has 1 N–H and O–H groups in total. The lowest BCUT2D eigenvalue weighted by Gasteiger charge is -2.25. The van der Waals surface area contributed by atoms with Crippen LogP contribution in [0.25, 0.3) is 0 Å². The highest BCUT2D eigenvalue weighted by Gasteiger charge is 2.25. The van der Waals surface area contributed by atoms with Crippen LogP contribution >= 0.6 is 11.6 Å². The number of halogens is 1. The first-order valence-corrected chi connectivity index (χ1v) is 6.34. The van der Waals surface area contributed by atoms with Crippen molar-refractivity contribution in [2.75, 3.05) is 0 Å². The van der Waals surface area contributed by atoms with Crippen LogP contribution in [-0.2, 0) is 5.60 Å². The number of benzene rings is 2. The molecule has 0 heterocycles. The summed E-state index contributed by atoms with van der Waals surface area (Å²) in [5.41, 5.74) is 3.05. The molecule has 0 bridgehead atoms. The van der Waals surface area contributed by atoms with Crippen LogP contribution in [0.5, 0.6) is 0 Å². The summed E-state index contributed by atoms with van der Waals surface area (Å²) in [7, 11) is 0. The van der Waals surface area contributed by atoms with Crippen molar-refractivity contribution in [3.8, 4) is 0 Å². The first-order chi connectivity index (χ1) is 8.39. The van der Waals surface area contributed by atoms with E-state index in [2.05, 4.69) is 6.07 Å². The molecule has 0 aromatic heterocycles. The molecule has 0 saturated heterocycles. The van der Waals surface area contributed by atoms with Gasteiger partial charge in [0.15, 0.2) is 0 Å². The van der Waals surface area contributed by atoms with Crippen LogP contribution in [0, 0.1) is 13.8 Å². The van der Waals surface area contributed by atoms with Crippen molar-refractivity contribution < 1.29 is 5.11 Å². The Morgan fingerprint density at radius 3 is 1.89 bits per heavy atom. The van der Waals surface area contributed by atoms with E-state index in [1.54, 1.807) is 12.1 Å². The average molecular weight is 261 g/mol. The highest BCUT2D eigenvalue weighted by molar-refractivity contribution is 6.30. The van der Waals surface area contributed by atoms with Crippen LogP contribution in [0.2, 0.25) is 5.02 Å². The molecule has 0 aliphatic heterocycles. The van der Waals surface area contributed by atoms with Crippen LogP contribution in [0.1, 0.15) is 29.2 Å². The molecule has 0 aliphatic rings. The predicted molar refractivity (Wildman–Crippen MR) is 76.0 cm³/mol. The van der Waals surface area contributed by atoms with Gasteiger partial charge in [-0.1, -0.05) is 53.1 Å². The zero-order chi connectivity index (χ0) is 13.3. The van der Waals surface area contributed by atoms with Crippen LogP contribution in [-0.4, -0.2) is 5.11 Å². The minimum absolute atomic E-state index is 0.676. The fraction of sp³-hybridized carbons (Fsp3) is 0.250. The van der Waals surface area contributed by atoms with E-state index in [0.717, 1.165) is 22.3 Å². The predicted octanol–water partition coefficient (Wildman–Crippen LogP) is 4.21. The van der Waals surface area contributed by atoms with Crippen molar-refractivity contribution in [1.82, 2.24) is 0 Å². The van der Waals surface area contributed by atoms with Gasteiger partial charge >= 0.3 is 0 Å². The van der Waals surface area contributed by atoms with Gasteiger partial charge in [-0.2, -0.15) is 0 Å². The normalized spacial score (nSPS) is 14.3. The summed E-state index contributed by atoms with van der Waals surface area (Å²) in [6.07, 6.45) is 0. The van der Waals surface area contributed by atoms with Crippen LogP contribution in [0.3, 0.4) is 0 Å². The summed E-state index contributed by atoms with van der Waals surface area (Å²) in [6, 6.07) is 13.5. The largest absolute Gasteiger partial charge is 0.381 e. The third-order valence-electron chi connectivity index (χ3n) is 3.19. The van der Waals surface area contributed by atoms with Gasteiger partial charge in [-0.3, -0.25) is 0 Å². The van der Waals surface area contributed by atoms with Crippen molar-refractivity contribution in [3.05, 3.63) is 69.7 Å². The van der Waals surface area contributed by atoms with Gasteiger partial charge in [0.05, 0.1) is 0 Å². The van der Waals surface area contributed by atoms with E-state index in [1.165, 1.54) is 0 Å². The van der Waals surface area contributed by atoms with Gasteiger partial charge in [0.1, 0.15) is 5.60 Å². The quantitative estimate of drug-likeness (QED) is 0.858. The van der Waals surface area contributed by atoms with Gasteiger partial charge in [0.2, 0.25) is 0 Å². The number of rotatable bonds is 2. The lowest BCUT2D eigenvalue weighted by Crippen LogP contribution is -2.22. The van der Waals surface area contributed by atoms with Gasteiger partial charge < -0.3 is 5.11 Å². The fourth-order valence-electron chi connectivity index (χ4n) is 2.20. The SMILES string of the molecule is Cc1cc(C)cc(C(C)(O)c2ccc(Cl)cc2)c1. The molecule has 0 saturated carbocycles. The summed E-state index contributed by atoms with van der Waals surface area (Å²) in [5.74, 6) is 0. The maximum Gasteiger partial charge on any atom is 0.112 e. The van der Waals surface area contributed by atoms with Crippen molar-refractivity contribution in [3.63, 3.8) is 0 Å². The molecule has 2 aromatic rings. The van der Waals surface area contributed by atoms with E-state index in [9.17, 15) is 5.11 Å². The zero-order valence-corrected chi connectivity index (χ0v) is 11.6.